The number of ether oxygens (including phenoxy) is 1. The monoisotopic (exact) mass is 382 g/mol. The Morgan fingerprint density at radius 3 is 2.39 bits per heavy atom. The number of amides is 2. The average Bonchev–Trinajstić information content (AvgIpc) is 2.70. The molecule has 0 aliphatic heterocycles. The van der Waals surface area contributed by atoms with Crippen LogP contribution in [-0.4, -0.2) is 24.2 Å². The molecular formula is C22H26N2O4. The van der Waals surface area contributed by atoms with Crippen molar-refractivity contribution >= 4 is 23.3 Å². The van der Waals surface area contributed by atoms with E-state index in [1.54, 1.807) is 42.5 Å². The first kappa shape index (κ1) is 21.2. The number of unbranched alkanes of at least 4 members (excludes halogenated alkanes) is 2. The number of primary amides is 1. The summed E-state index contributed by atoms with van der Waals surface area (Å²) >= 11 is 0. The molecule has 2 aromatic rings. The Morgan fingerprint density at radius 2 is 1.71 bits per heavy atom. The number of hydrogen-bond acceptors (Lipinski definition) is 4. The highest BCUT2D eigenvalue weighted by Crippen LogP contribution is 2.15. The molecule has 28 heavy (non-hydrogen) atoms. The third-order valence-electron chi connectivity index (χ3n) is 4.20. The largest absolute Gasteiger partial charge is 0.494 e. The zero-order valence-corrected chi connectivity index (χ0v) is 16.1. The van der Waals surface area contributed by atoms with E-state index in [1.807, 2.05) is 0 Å². The van der Waals surface area contributed by atoms with E-state index in [1.165, 1.54) is 6.07 Å². The van der Waals surface area contributed by atoms with E-state index >= 15 is 0 Å². The predicted molar refractivity (Wildman–Crippen MR) is 109 cm³/mol. The Morgan fingerprint density at radius 1 is 0.964 bits per heavy atom. The molecule has 148 valence electrons. The van der Waals surface area contributed by atoms with Gasteiger partial charge in [-0.1, -0.05) is 25.8 Å². The lowest BCUT2D eigenvalue weighted by Crippen LogP contribution is -2.15. The van der Waals surface area contributed by atoms with Crippen molar-refractivity contribution in [2.45, 2.75) is 39.0 Å². The van der Waals surface area contributed by atoms with Crippen molar-refractivity contribution in [3.05, 3.63) is 59.7 Å². The minimum atomic E-state index is -0.566. The highest BCUT2D eigenvalue weighted by Gasteiger charge is 2.11. The third-order valence-corrected chi connectivity index (χ3v) is 4.20. The van der Waals surface area contributed by atoms with Gasteiger partial charge in [-0.3, -0.25) is 14.4 Å². The molecule has 0 radical (unpaired) electrons. The Hall–Kier alpha value is -3.15. The number of carbonyl (C=O) groups is 3. The molecule has 0 spiro atoms. The van der Waals surface area contributed by atoms with E-state index in [9.17, 15) is 14.4 Å². The molecule has 3 N–H and O–H groups in total. The number of hydrogen-bond donors (Lipinski definition) is 2. The van der Waals surface area contributed by atoms with Gasteiger partial charge in [-0.15, -0.1) is 0 Å². The highest BCUT2D eigenvalue weighted by molar-refractivity contribution is 6.00. The standard InChI is InChI=1S/C22H26N2O4/c1-2-3-4-14-28-19-10-8-16(9-11-19)20(25)12-13-21(26)24-18-7-5-6-17(15-18)22(23)27/h5-11,15H,2-4,12-14H2,1H3,(H2,23,27)(H,24,26). The molecule has 0 fully saturated rings. The Kier molecular flexibility index (Phi) is 8.21. The van der Waals surface area contributed by atoms with Gasteiger partial charge in [0.1, 0.15) is 5.75 Å². The molecule has 0 aliphatic rings. The van der Waals surface area contributed by atoms with Crippen LogP contribution in [-0.2, 0) is 4.79 Å². The quantitative estimate of drug-likeness (QED) is 0.454. The molecule has 0 aliphatic carbocycles. The maximum atomic E-state index is 12.3. The lowest BCUT2D eigenvalue weighted by atomic mass is 10.1. The van der Waals surface area contributed by atoms with E-state index < -0.39 is 5.91 Å². The second-order valence-corrected chi connectivity index (χ2v) is 6.50. The molecule has 2 aromatic carbocycles. The second-order valence-electron chi connectivity index (χ2n) is 6.50. The molecule has 0 saturated carbocycles. The number of nitrogens with one attached hydrogen (secondary N) is 1. The molecule has 0 atom stereocenters. The van der Waals surface area contributed by atoms with E-state index in [4.69, 9.17) is 10.5 Å². The van der Waals surface area contributed by atoms with Crippen LogP contribution in [0.3, 0.4) is 0 Å². The molecular weight excluding hydrogens is 356 g/mol. The van der Waals surface area contributed by atoms with Crippen LogP contribution in [0.5, 0.6) is 5.75 Å². The van der Waals surface area contributed by atoms with Crippen LogP contribution in [0.4, 0.5) is 5.69 Å². The van der Waals surface area contributed by atoms with Crippen LogP contribution < -0.4 is 15.8 Å². The number of Topliss-reactive ketones (excluding diaryl/α,β-unsaturated/α-hetero) is 1. The first-order valence-corrected chi connectivity index (χ1v) is 9.45. The molecule has 0 aromatic heterocycles. The van der Waals surface area contributed by atoms with Gasteiger partial charge < -0.3 is 15.8 Å². The Bertz CT molecular complexity index is 816. The summed E-state index contributed by atoms with van der Waals surface area (Å²) in [6.45, 7) is 2.80. The number of carbonyl (C=O) groups excluding carboxylic acids is 3. The number of benzene rings is 2. The van der Waals surface area contributed by atoms with Gasteiger partial charge in [0, 0.05) is 29.7 Å². The lowest BCUT2D eigenvalue weighted by molar-refractivity contribution is -0.116. The van der Waals surface area contributed by atoms with Gasteiger partial charge in [-0.05, 0) is 48.9 Å². The van der Waals surface area contributed by atoms with Crippen LogP contribution in [0.25, 0.3) is 0 Å². The molecule has 0 heterocycles. The van der Waals surface area contributed by atoms with Gasteiger partial charge in [0.05, 0.1) is 6.61 Å². The maximum absolute atomic E-state index is 12.3. The molecule has 0 bridgehead atoms. The summed E-state index contributed by atoms with van der Waals surface area (Å²) in [6, 6.07) is 13.3. The summed E-state index contributed by atoms with van der Waals surface area (Å²) in [5.41, 5.74) is 6.55. The van der Waals surface area contributed by atoms with Crippen molar-refractivity contribution in [2.24, 2.45) is 5.73 Å². The van der Waals surface area contributed by atoms with Crippen LogP contribution in [0.1, 0.15) is 59.7 Å². The van der Waals surface area contributed by atoms with Crippen molar-refractivity contribution in [3.63, 3.8) is 0 Å². The van der Waals surface area contributed by atoms with Gasteiger partial charge in [0.25, 0.3) is 0 Å². The van der Waals surface area contributed by atoms with Gasteiger partial charge >= 0.3 is 0 Å². The lowest BCUT2D eigenvalue weighted by Gasteiger charge is -2.07. The zero-order valence-electron chi connectivity index (χ0n) is 16.1. The molecule has 2 rings (SSSR count). The fourth-order valence-corrected chi connectivity index (χ4v) is 2.62. The fourth-order valence-electron chi connectivity index (χ4n) is 2.62. The SMILES string of the molecule is CCCCCOc1ccc(C(=O)CCC(=O)Nc2cccc(C(N)=O)c2)cc1. The van der Waals surface area contributed by atoms with Gasteiger partial charge in [-0.25, -0.2) is 0 Å². The van der Waals surface area contributed by atoms with Crippen molar-refractivity contribution in [1.82, 2.24) is 0 Å². The number of nitrogens with two attached hydrogens (primary N) is 1. The van der Waals surface area contributed by atoms with E-state index in [-0.39, 0.29) is 24.5 Å². The molecule has 0 unspecified atom stereocenters. The minimum absolute atomic E-state index is 0.0505. The smallest absolute Gasteiger partial charge is 0.248 e. The van der Waals surface area contributed by atoms with E-state index in [0.29, 0.717) is 23.4 Å². The summed E-state index contributed by atoms with van der Waals surface area (Å²) in [5.74, 6) is -0.242. The van der Waals surface area contributed by atoms with E-state index in [0.717, 1.165) is 25.0 Å². The number of rotatable bonds is 11. The number of ketones is 1. The molecule has 0 saturated heterocycles. The summed E-state index contributed by atoms with van der Waals surface area (Å²) in [4.78, 5) is 35.5. The van der Waals surface area contributed by atoms with Crippen molar-refractivity contribution in [3.8, 4) is 5.75 Å². The normalized spacial score (nSPS) is 10.3. The van der Waals surface area contributed by atoms with Crippen LogP contribution in [0, 0.1) is 0 Å². The fraction of sp³-hybridized carbons (Fsp3) is 0.318. The van der Waals surface area contributed by atoms with Gasteiger partial charge in [0.15, 0.2) is 5.78 Å². The van der Waals surface area contributed by atoms with Gasteiger partial charge in [0.2, 0.25) is 11.8 Å². The molecule has 6 nitrogen and oxygen atoms in total. The molecule has 6 heteroatoms. The second kappa shape index (κ2) is 10.9. The zero-order chi connectivity index (χ0) is 20.4. The third kappa shape index (κ3) is 6.87. The number of anilines is 1. The maximum Gasteiger partial charge on any atom is 0.248 e. The summed E-state index contributed by atoms with van der Waals surface area (Å²) in [7, 11) is 0. The highest BCUT2D eigenvalue weighted by atomic mass is 16.5. The van der Waals surface area contributed by atoms with Crippen molar-refractivity contribution < 1.29 is 19.1 Å². The first-order chi connectivity index (χ1) is 13.5. The average molecular weight is 382 g/mol. The minimum Gasteiger partial charge on any atom is -0.494 e. The van der Waals surface area contributed by atoms with Crippen molar-refractivity contribution in [1.29, 1.82) is 0 Å². The Balaban J connectivity index is 1.80. The summed E-state index contributed by atoms with van der Waals surface area (Å²) in [5, 5.41) is 2.67. The first-order valence-electron chi connectivity index (χ1n) is 9.45. The van der Waals surface area contributed by atoms with Crippen LogP contribution >= 0.6 is 0 Å². The molecule has 2 amide bonds. The Labute approximate surface area is 165 Å². The van der Waals surface area contributed by atoms with Crippen molar-refractivity contribution in [2.75, 3.05) is 11.9 Å². The van der Waals surface area contributed by atoms with Gasteiger partial charge in [-0.2, -0.15) is 0 Å². The topological polar surface area (TPSA) is 98.5 Å². The van der Waals surface area contributed by atoms with E-state index in [2.05, 4.69) is 12.2 Å². The van der Waals surface area contributed by atoms with Crippen LogP contribution in [0.15, 0.2) is 48.5 Å². The summed E-state index contributed by atoms with van der Waals surface area (Å²) < 4.78 is 5.63. The summed E-state index contributed by atoms with van der Waals surface area (Å²) in [6.07, 6.45) is 3.42. The predicted octanol–water partition coefficient (Wildman–Crippen LogP) is 3.96. The van der Waals surface area contributed by atoms with Crippen LogP contribution in [0.2, 0.25) is 0 Å².